The number of benzene rings is 2. The third-order valence-corrected chi connectivity index (χ3v) is 4.87. The largest absolute Gasteiger partial charge is 0.398 e. The second-order valence-electron chi connectivity index (χ2n) is 3.80. The van der Waals surface area contributed by atoms with Crippen LogP contribution in [0.1, 0.15) is 5.56 Å². The van der Waals surface area contributed by atoms with Crippen LogP contribution in [0, 0.1) is 3.57 Å². The summed E-state index contributed by atoms with van der Waals surface area (Å²) in [7, 11) is -1.10. The number of rotatable bonds is 3. The van der Waals surface area contributed by atoms with Crippen molar-refractivity contribution in [2.24, 2.45) is 0 Å². The summed E-state index contributed by atoms with van der Waals surface area (Å²) in [5.74, 6) is 0.483. The summed E-state index contributed by atoms with van der Waals surface area (Å²) >= 11 is 8.16. The molecule has 0 saturated carbocycles. The van der Waals surface area contributed by atoms with Gasteiger partial charge in [0.15, 0.2) is 0 Å². The van der Waals surface area contributed by atoms with E-state index in [4.69, 9.17) is 17.3 Å². The van der Waals surface area contributed by atoms with Crippen molar-refractivity contribution in [2.45, 2.75) is 10.6 Å². The number of nitrogens with two attached hydrogens (primary N) is 1. The Morgan fingerprint density at radius 1 is 1.17 bits per heavy atom. The lowest BCUT2D eigenvalue weighted by atomic mass is 10.2. The second-order valence-corrected chi connectivity index (χ2v) is 6.90. The van der Waals surface area contributed by atoms with Gasteiger partial charge in [-0.05, 0) is 58.5 Å². The van der Waals surface area contributed by atoms with E-state index < -0.39 is 10.8 Å². The topological polar surface area (TPSA) is 43.1 Å². The Morgan fingerprint density at radius 3 is 2.44 bits per heavy atom. The van der Waals surface area contributed by atoms with Crippen molar-refractivity contribution in [3.63, 3.8) is 0 Å². The van der Waals surface area contributed by atoms with E-state index in [0.29, 0.717) is 21.4 Å². The van der Waals surface area contributed by atoms with Crippen molar-refractivity contribution in [3.8, 4) is 0 Å². The molecular formula is C13H11ClINOS. The molecule has 1 atom stereocenters. The van der Waals surface area contributed by atoms with Gasteiger partial charge in [-0.2, -0.15) is 0 Å². The van der Waals surface area contributed by atoms with Gasteiger partial charge in [-0.3, -0.25) is 4.21 Å². The Bertz CT molecular complexity index is 586. The predicted octanol–water partition coefficient (Wildman–Crippen LogP) is 3.83. The fourth-order valence-corrected chi connectivity index (χ4v) is 3.20. The molecule has 0 aliphatic rings. The number of hydrogen-bond donors (Lipinski definition) is 1. The highest BCUT2D eigenvalue weighted by atomic mass is 127. The fourth-order valence-electron chi connectivity index (χ4n) is 1.46. The van der Waals surface area contributed by atoms with Gasteiger partial charge in [-0.15, -0.1) is 0 Å². The van der Waals surface area contributed by atoms with Crippen molar-refractivity contribution in [2.75, 3.05) is 5.73 Å². The highest BCUT2D eigenvalue weighted by molar-refractivity contribution is 14.1. The zero-order valence-electron chi connectivity index (χ0n) is 9.40. The lowest BCUT2D eigenvalue weighted by molar-refractivity contribution is 0.682. The lowest BCUT2D eigenvalue weighted by Crippen LogP contribution is -1.97. The average molecular weight is 392 g/mol. The molecular weight excluding hydrogens is 381 g/mol. The molecule has 0 aliphatic carbocycles. The Kier molecular flexibility index (Phi) is 4.64. The fraction of sp³-hybridized carbons (Fsp3) is 0.0769. The molecule has 2 nitrogen and oxygen atoms in total. The normalized spacial score (nSPS) is 12.3. The van der Waals surface area contributed by atoms with Crippen molar-refractivity contribution in [1.82, 2.24) is 0 Å². The molecule has 2 aromatic rings. The monoisotopic (exact) mass is 391 g/mol. The van der Waals surface area contributed by atoms with Crippen LogP contribution in [0.15, 0.2) is 47.4 Å². The zero-order valence-corrected chi connectivity index (χ0v) is 13.1. The maximum Gasteiger partial charge on any atom is 0.0647 e. The van der Waals surface area contributed by atoms with Crippen LogP contribution in [0.5, 0.6) is 0 Å². The van der Waals surface area contributed by atoms with Gasteiger partial charge in [-0.1, -0.05) is 23.7 Å². The third kappa shape index (κ3) is 3.46. The molecule has 94 valence electrons. The summed E-state index contributed by atoms with van der Waals surface area (Å²) in [5.41, 5.74) is 7.18. The Morgan fingerprint density at radius 2 is 1.83 bits per heavy atom. The molecule has 0 saturated heterocycles. The molecule has 0 aliphatic heterocycles. The molecule has 2 rings (SSSR count). The zero-order chi connectivity index (χ0) is 13.1. The van der Waals surface area contributed by atoms with Crippen molar-refractivity contribution < 1.29 is 4.21 Å². The minimum Gasteiger partial charge on any atom is -0.398 e. The molecule has 18 heavy (non-hydrogen) atoms. The van der Waals surface area contributed by atoms with Crippen LogP contribution in [-0.2, 0) is 16.6 Å². The van der Waals surface area contributed by atoms with Gasteiger partial charge in [0.1, 0.15) is 0 Å². The first-order chi connectivity index (χ1) is 8.56. The van der Waals surface area contributed by atoms with Gasteiger partial charge in [0.2, 0.25) is 0 Å². The standard InChI is InChI=1S/C13H11ClINOS/c14-12-7-11(5-6-13(12)16)18(17)8-9-1-3-10(15)4-2-9/h1-7H,8,16H2. The summed E-state index contributed by atoms with van der Waals surface area (Å²) in [5, 5.41) is 0.448. The van der Waals surface area contributed by atoms with Gasteiger partial charge >= 0.3 is 0 Å². The summed E-state index contributed by atoms with van der Waals surface area (Å²) in [6.07, 6.45) is 0. The van der Waals surface area contributed by atoms with E-state index in [1.54, 1.807) is 18.2 Å². The van der Waals surface area contributed by atoms with Gasteiger partial charge < -0.3 is 5.73 Å². The van der Waals surface area contributed by atoms with Gasteiger partial charge in [0.25, 0.3) is 0 Å². The molecule has 2 aromatic carbocycles. The average Bonchev–Trinajstić information content (AvgIpc) is 2.35. The molecule has 0 bridgehead atoms. The van der Waals surface area contributed by atoms with Gasteiger partial charge in [-0.25, -0.2) is 0 Å². The molecule has 0 aromatic heterocycles. The van der Waals surface area contributed by atoms with Crippen LogP contribution in [0.2, 0.25) is 5.02 Å². The van der Waals surface area contributed by atoms with E-state index in [0.717, 1.165) is 9.13 Å². The molecule has 0 heterocycles. The summed E-state index contributed by atoms with van der Waals surface area (Å²) in [6.45, 7) is 0. The highest BCUT2D eigenvalue weighted by Gasteiger charge is 2.07. The van der Waals surface area contributed by atoms with Crippen molar-refractivity contribution in [3.05, 3.63) is 56.6 Å². The first-order valence-corrected chi connectivity index (χ1v) is 8.01. The SMILES string of the molecule is Nc1ccc(S(=O)Cc2ccc(I)cc2)cc1Cl. The van der Waals surface area contributed by atoms with Crippen LogP contribution in [-0.4, -0.2) is 4.21 Å². The number of anilines is 1. The molecule has 2 N–H and O–H groups in total. The predicted molar refractivity (Wildman–Crippen MR) is 85.1 cm³/mol. The van der Waals surface area contributed by atoms with Crippen LogP contribution in [0.25, 0.3) is 0 Å². The van der Waals surface area contributed by atoms with Crippen molar-refractivity contribution >= 4 is 50.7 Å². The van der Waals surface area contributed by atoms with Gasteiger partial charge in [0, 0.05) is 8.47 Å². The number of halogens is 2. The van der Waals surface area contributed by atoms with E-state index in [9.17, 15) is 4.21 Å². The Hall–Kier alpha value is -0.590. The smallest absolute Gasteiger partial charge is 0.0647 e. The first-order valence-electron chi connectivity index (χ1n) is 5.24. The van der Waals surface area contributed by atoms with Crippen molar-refractivity contribution in [1.29, 1.82) is 0 Å². The molecule has 5 heteroatoms. The quantitative estimate of drug-likeness (QED) is 0.638. The maximum absolute atomic E-state index is 12.2. The van der Waals surface area contributed by atoms with Crippen LogP contribution in [0.3, 0.4) is 0 Å². The molecule has 0 radical (unpaired) electrons. The van der Waals surface area contributed by atoms with E-state index in [1.165, 1.54) is 0 Å². The minimum absolute atomic E-state index is 0.448. The third-order valence-electron chi connectivity index (χ3n) is 2.45. The second kappa shape index (κ2) is 6.04. The number of nitrogen functional groups attached to an aromatic ring is 1. The minimum atomic E-state index is -1.10. The Labute approximate surface area is 127 Å². The van der Waals surface area contributed by atoms with E-state index in [-0.39, 0.29) is 0 Å². The lowest BCUT2D eigenvalue weighted by Gasteiger charge is -2.05. The van der Waals surface area contributed by atoms with E-state index >= 15 is 0 Å². The van der Waals surface area contributed by atoms with Crippen LogP contribution in [0.4, 0.5) is 5.69 Å². The number of hydrogen-bond acceptors (Lipinski definition) is 2. The van der Waals surface area contributed by atoms with Crippen LogP contribution < -0.4 is 5.73 Å². The van der Waals surface area contributed by atoms with Gasteiger partial charge in [0.05, 0.1) is 27.3 Å². The molecule has 0 fully saturated rings. The highest BCUT2D eigenvalue weighted by Crippen LogP contribution is 2.23. The van der Waals surface area contributed by atoms with Crippen LogP contribution >= 0.6 is 34.2 Å². The van der Waals surface area contributed by atoms with E-state index in [1.807, 2.05) is 24.3 Å². The molecule has 0 spiro atoms. The Balaban J connectivity index is 2.16. The van der Waals surface area contributed by atoms with E-state index in [2.05, 4.69) is 22.6 Å². The summed E-state index contributed by atoms with van der Waals surface area (Å²) < 4.78 is 13.3. The summed E-state index contributed by atoms with van der Waals surface area (Å²) in [4.78, 5) is 0.702. The first kappa shape index (κ1) is 13.8. The summed E-state index contributed by atoms with van der Waals surface area (Å²) in [6, 6.07) is 13.1. The molecule has 1 unspecified atom stereocenters. The molecule has 0 amide bonds. The maximum atomic E-state index is 12.2.